The number of hydrogen-bond acceptors (Lipinski definition) is 6. The molecule has 1 fully saturated rings. The summed E-state index contributed by atoms with van der Waals surface area (Å²) < 4.78 is 17.9. The fourth-order valence-electron chi connectivity index (χ4n) is 3.57. The molecule has 3 aromatic rings. The Bertz CT molecular complexity index is 852. The van der Waals surface area contributed by atoms with Gasteiger partial charge in [0.25, 0.3) is 0 Å². The third-order valence-corrected chi connectivity index (χ3v) is 4.89. The van der Waals surface area contributed by atoms with Gasteiger partial charge in [0, 0.05) is 31.7 Å². The zero-order valence-corrected chi connectivity index (χ0v) is 14.7. The van der Waals surface area contributed by atoms with Crippen LogP contribution in [0.4, 0.5) is 10.1 Å². The van der Waals surface area contributed by atoms with Crippen LogP contribution in [0.1, 0.15) is 37.3 Å². The summed E-state index contributed by atoms with van der Waals surface area (Å²) in [6, 6.07) is 1.74. The number of pyridine rings is 1. The van der Waals surface area contributed by atoms with Gasteiger partial charge in [-0.3, -0.25) is 4.98 Å². The molecule has 4 rings (SSSR count). The first-order chi connectivity index (χ1) is 12.8. The highest BCUT2D eigenvalue weighted by Gasteiger charge is 2.27. The minimum atomic E-state index is -0.266. The number of aromatic nitrogens is 7. The van der Waals surface area contributed by atoms with Crippen molar-refractivity contribution < 1.29 is 4.39 Å². The molecule has 9 heteroatoms. The van der Waals surface area contributed by atoms with Gasteiger partial charge < -0.3 is 9.47 Å². The van der Waals surface area contributed by atoms with Crippen molar-refractivity contribution >= 4 is 5.69 Å². The summed E-state index contributed by atoms with van der Waals surface area (Å²) in [4.78, 5) is 9.87. The van der Waals surface area contributed by atoms with Gasteiger partial charge in [-0.25, -0.2) is 14.1 Å². The molecule has 1 aliphatic heterocycles. The molecular formula is C17H21FN8. The monoisotopic (exact) mass is 356 g/mol. The molecule has 0 radical (unpaired) electrons. The van der Waals surface area contributed by atoms with Crippen LogP contribution >= 0.6 is 0 Å². The average Bonchev–Trinajstić information content (AvgIpc) is 3.32. The van der Waals surface area contributed by atoms with Gasteiger partial charge in [0.2, 0.25) is 0 Å². The molecule has 0 unspecified atom stereocenters. The summed E-state index contributed by atoms with van der Waals surface area (Å²) in [5.74, 6) is 1.96. The van der Waals surface area contributed by atoms with Gasteiger partial charge in [0.05, 0.1) is 11.9 Å². The van der Waals surface area contributed by atoms with E-state index in [2.05, 4.69) is 41.7 Å². The number of halogens is 1. The van der Waals surface area contributed by atoms with Gasteiger partial charge in [0.15, 0.2) is 11.6 Å². The van der Waals surface area contributed by atoms with Crippen LogP contribution in [0.15, 0.2) is 31.1 Å². The summed E-state index contributed by atoms with van der Waals surface area (Å²) in [7, 11) is 0. The Morgan fingerprint density at radius 1 is 1.19 bits per heavy atom. The highest BCUT2D eigenvalue weighted by atomic mass is 19.1. The van der Waals surface area contributed by atoms with E-state index >= 15 is 0 Å². The summed E-state index contributed by atoms with van der Waals surface area (Å²) in [5.41, 5.74) is 0.627. The average molecular weight is 356 g/mol. The minimum absolute atomic E-state index is 0.266. The lowest BCUT2D eigenvalue weighted by atomic mass is 9.95. The molecule has 26 heavy (non-hydrogen) atoms. The first kappa shape index (κ1) is 16.6. The van der Waals surface area contributed by atoms with Gasteiger partial charge in [-0.2, -0.15) is 5.10 Å². The molecule has 0 N–H and O–H groups in total. The summed E-state index contributed by atoms with van der Waals surface area (Å²) in [5, 5.41) is 13.0. The maximum absolute atomic E-state index is 14.0. The van der Waals surface area contributed by atoms with Crippen LogP contribution < -0.4 is 4.90 Å². The number of nitrogens with zero attached hydrogens (tertiary/aromatic N) is 8. The molecule has 0 saturated carbocycles. The SMILES string of the molecule is CCn1c(Cn2cncn2)nnc1C1CCN(c2ccncc2F)CC1. The predicted molar refractivity (Wildman–Crippen MR) is 93.2 cm³/mol. The van der Waals surface area contributed by atoms with Crippen molar-refractivity contribution in [2.75, 3.05) is 18.0 Å². The highest BCUT2D eigenvalue weighted by Crippen LogP contribution is 2.30. The van der Waals surface area contributed by atoms with Gasteiger partial charge in [0.1, 0.15) is 25.0 Å². The second-order valence-electron chi connectivity index (χ2n) is 6.40. The Labute approximate surface area is 150 Å². The van der Waals surface area contributed by atoms with Crippen LogP contribution in [0, 0.1) is 5.82 Å². The van der Waals surface area contributed by atoms with Crippen molar-refractivity contribution in [1.29, 1.82) is 0 Å². The van der Waals surface area contributed by atoms with Gasteiger partial charge in [-0.05, 0) is 25.8 Å². The van der Waals surface area contributed by atoms with Crippen molar-refractivity contribution in [2.24, 2.45) is 0 Å². The topological polar surface area (TPSA) is 77.5 Å². The lowest BCUT2D eigenvalue weighted by molar-refractivity contribution is 0.458. The fraction of sp³-hybridized carbons (Fsp3) is 0.471. The molecular weight excluding hydrogens is 335 g/mol. The highest BCUT2D eigenvalue weighted by molar-refractivity contribution is 5.46. The van der Waals surface area contributed by atoms with Crippen molar-refractivity contribution in [3.8, 4) is 0 Å². The fourth-order valence-corrected chi connectivity index (χ4v) is 3.57. The van der Waals surface area contributed by atoms with E-state index in [1.807, 2.05) is 0 Å². The largest absolute Gasteiger partial charge is 0.369 e. The van der Waals surface area contributed by atoms with E-state index in [1.54, 1.807) is 23.3 Å². The van der Waals surface area contributed by atoms with E-state index in [0.717, 1.165) is 44.1 Å². The third-order valence-electron chi connectivity index (χ3n) is 4.89. The molecule has 0 bridgehead atoms. The molecule has 1 aliphatic rings. The molecule has 1 saturated heterocycles. The predicted octanol–water partition coefficient (Wildman–Crippen LogP) is 1.86. The first-order valence-electron chi connectivity index (χ1n) is 8.85. The molecule has 0 amide bonds. The van der Waals surface area contributed by atoms with Crippen molar-refractivity contribution in [3.05, 3.63) is 48.6 Å². The molecule has 136 valence electrons. The second kappa shape index (κ2) is 7.19. The number of rotatable bonds is 5. The summed E-state index contributed by atoms with van der Waals surface area (Å²) in [6.45, 7) is 5.05. The molecule has 0 aliphatic carbocycles. The zero-order valence-electron chi connectivity index (χ0n) is 14.7. The van der Waals surface area contributed by atoms with E-state index in [0.29, 0.717) is 18.2 Å². The van der Waals surface area contributed by atoms with E-state index in [4.69, 9.17) is 0 Å². The van der Waals surface area contributed by atoms with Gasteiger partial charge >= 0.3 is 0 Å². The molecule has 8 nitrogen and oxygen atoms in total. The van der Waals surface area contributed by atoms with E-state index < -0.39 is 0 Å². The van der Waals surface area contributed by atoms with Gasteiger partial charge in [-0.15, -0.1) is 10.2 Å². The third kappa shape index (κ3) is 3.16. The number of piperidine rings is 1. The molecule has 0 aromatic carbocycles. The Morgan fingerprint density at radius 2 is 2.04 bits per heavy atom. The Hall–Kier alpha value is -2.84. The minimum Gasteiger partial charge on any atom is -0.369 e. The Balaban J connectivity index is 1.47. The number of anilines is 1. The van der Waals surface area contributed by atoms with Crippen LogP contribution in [0.3, 0.4) is 0 Å². The Kier molecular flexibility index (Phi) is 4.59. The lowest BCUT2D eigenvalue weighted by Gasteiger charge is -2.33. The number of hydrogen-bond donors (Lipinski definition) is 0. The summed E-state index contributed by atoms with van der Waals surface area (Å²) in [6.07, 6.45) is 7.93. The normalized spacial score (nSPS) is 15.5. The summed E-state index contributed by atoms with van der Waals surface area (Å²) >= 11 is 0. The molecule has 0 spiro atoms. The standard InChI is InChI=1S/C17H21FN8/c1-2-26-16(10-25-12-20-11-21-25)22-23-17(26)13-4-7-24(8-5-13)15-3-6-19-9-14(15)18/h3,6,9,11-13H,2,4-5,7-8,10H2,1H3. The quantitative estimate of drug-likeness (QED) is 0.694. The van der Waals surface area contributed by atoms with Crippen LogP contribution in [-0.2, 0) is 13.1 Å². The van der Waals surface area contributed by atoms with Crippen molar-refractivity contribution in [2.45, 2.75) is 38.8 Å². The van der Waals surface area contributed by atoms with Gasteiger partial charge in [-0.1, -0.05) is 0 Å². The van der Waals surface area contributed by atoms with E-state index in [-0.39, 0.29) is 5.82 Å². The van der Waals surface area contributed by atoms with E-state index in [9.17, 15) is 4.39 Å². The second-order valence-corrected chi connectivity index (χ2v) is 6.40. The van der Waals surface area contributed by atoms with Crippen LogP contribution in [0.5, 0.6) is 0 Å². The van der Waals surface area contributed by atoms with E-state index in [1.165, 1.54) is 12.5 Å². The van der Waals surface area contributed by atoms with Crippen LogP contribution in [-0.4, -0.2) is 47.6 Å². The Morgan fingerprint density at radius 3 is 2.73 bits per heavy atom. The molecule has 3 aromatic heterocycles. The van der Waals surface area contributed by atoms with Crippen LogP contribution in [0.2, 0.25) is 0 Å². The smallest absolute Gasteiger partial charge is 0.164 e. The maximum Gasteiger partial charge on any atom is 0.164 e. The van der Waals surface area contributed by atoms with Crippen LogP contribution in [0.25, 0.3) is 0 Å². The molecule has 4 heterocycles. The first-order valence-corrected chi connectivity index (χ1v) is 8.85. The maximum atomic E-state index is 14.0. The molecule has 0 atom stereocenters. The lowest BCUT2D eigenvalue weighted by Crippen LogP contribution is -2.34. The van der Waals surface area contributed by atoms with Crippen molar-refractivity contribution in [1.82, 2.24) is 34.5 Å². The van der Waals surface area contributed by atoms with Crippen molar-refractivity contribution in [3.63, 3.8) is 0 Å². The zero-order chi connectivity index (χ0) is 17.9.